The van der Waals surface area contributed by atoms with Crippen LogP contribution < -0.4 is 16.2 Å². The van der Waals surface area contributed by atoms with Crippen molar-refractivity contribution in [2.24, 2.45) is 0 Å². The van der Waals surface area contributed by atoms with Gasteiger partial charge in [0.15, 0.2) is 0 Å². The van der Waals surface area contributed by atoms with Crippen molar-refractivity contribution in [3.63, 3.8) is 0 Å². The summed E-state index contributed by atoms with van der Waals surface area (Å²) in [6.45, 7) is 9.15. The quantitative estimate of drug-likeness (QED) is 0.684. The van der Waals surface area contributed by atoms with E-state index in [9.17, 15) is 4.79 Å². The van der Waals surface area contributed by atoms with Crippen LogP contribution in [0.15, 0.2) is 41.3 Å². The van der Waals surface area contributed by atoms with Gasteiger partial charge in [0.25, 0.3) is 5.56 Å². The third kappa shape index (κ3) is 4.02. The van der Waals surface area contributed by atoms with Crippen LogP contribution in [0.2, 0.25) is 0 Å². The Hall–Kier alpha value is -3.13. The molecule has 8 heteroatoms. The Morgan fingerprint density at radius 3 is 2.41 bits per heavy atom. The zero-order chi connectivity index (χ0) is 20.4. The molecule has 0 atom stereocenters. The van der Waals surface area contributed by atoms with E-state index in [1.165, 1.54) is 15.9 Å². The van der Waals surface area contributed by atoms with Crippen molar-refractivity contribution in [2.45, 2.75) is 20.4 Å². The lowest BCUT2D eigenvalue weighted by Crippen LogP contribution is -2.47. The Kier molecular flexibility index (Phi) is 5.35. The summed E-state index contributed by atoms with van der Waals surface area (Å²) in [6, 6.07) is 10.5. The summed E-state index contributed by atoms with van der Waals surface area (Å²) in [5, 5.41) is 11.3. The molecule has 1 aliphatic rings. The second-order valence-corrected chi connectivity index (χ2v) is 7.54. The maximum absolute atomic E-state index is 12.7. The van der Waals surface area contributed by atoms with Crippen molar-refractivity contribution >= 4 is 11.4 Å². The molecule has 1 saturated heterocycles. The average Bonchev–Trinajstić information content (AvgIpc) is 3.25. The molecular weight excluding hydrogens is 366 g/mol. The smallest absolute Gasteiger partial charge is 0.290 e. The topological polar surface area (TPSA) is 96.1 Å². The molecule has 3 aromatic rings. The zero-order valence-electron chi connectivity index (χ0n) is 16.9. The van der Waals surface area contributed by atoms with E-state index in [2.05, 4.69) is 56.3 Å². The van der Waals surface area contributed by atoms with Gasteiger partial charge < -0.3 is 10.6 Å². The highest BCUT2D eigenvalue weighted by molar-refractivity contribution is 5.74. The number of H-pyrrole nitrogens is 1. The number of aromatic nitrogens is 4. The zero-order valence-corrected chi connectivity index (χ0v) is 16.9. The van der Waals surface area contributed by atoms with Gasteiger partial charge in [0.2, 0.25) is 0 Å². The second-order valence-electron chi connectivity index (χ2n) is 7.54. The molecule has 3 N–H and O–H groups in total. The van der Waals surface area contributed by atoms with E-state index >= 15 is 0 Å². The molecular formula is C21H27N7O. The molecule has 152 valence electrons. The highest BCUT2D eigenvalue weighted by Gasteiger charge is 2.19. The summed E-state index contributed by atoms with van der Waals surface area (Å²) in [7, 11) is 0. The summed E-state index contributed by atoms with van der Waals surface area (Å²) in [4.78, 5) is 17.5. The number of hydrogen-bond acceptors (Lipinski definition) is 6. The predicted octanol–water partition coefficient (Wildman–Crippen LogP) is 1.65. The Balaban J connectivity index is 1.39. The van der Waals surface area contributed by atoms with Gasteiger partial charge in [-0.05, 0) is 32.0 Å². The molecule has 1 aliphatic heterocycles. The molecule has 0 bridgehead atoms. The van der Waals surface area contributed by atoms with Crippen molar-refractivity contribution < 1.29 is 0 Å². The second kappa shape index (κ2) is 8.08. The first-order chi connectivity index (χ1) is 14.0. The van der Waals surface area contributed by atoms with Crippen LogP contribution in [0.4, 0.5) is 11.4 Å². The first kappa shape index (κ1) is 19.2. The third-order valence-electron chi connectivity index (χ3n) is 5.54. The van der Waals surface area contributed by atoms with Gasteiger partial charge in [-0.2, -0.15) is 10.2 Å². The predicted molar refractivity (Wildman–Crippen MR) is 115 cm³/mol. The van der Waals surface area contributed by atoms with Gasteiger partial charge >= 0.3 is 0 Å². The number of anilines is 2. The van der Waals surface area contributed by atoms with Crippen LogP contribution >= 0.6 is 0 Å². The van der Waals surface area contributed by atoms with Crippen LogP contribution in [0.1, 0.15) is 11.3 Å². The Labute approximate surface area is 169 Å². The minimum absolute atomic E-state index is 0.214. The van der Waals surface area contributed by atoms with Crippen LogP contribution in [0.25, 0.3) is 11.3 Å². The molecule has 3 heterocycles. The average molecular weight is 393 g/mol. The number of benzene rings is 1. The number of hydrogen-bond donors (Lipinski definition) is 2. The molecule has 0 radical (unpaired) electrons. The van der Waals surface area contributed by atoms with Gasteiger partial charge in [-0.25, -0.2) is 4.68 Å². The van der Waals surface area contributed by atoms with Crippen LogP contribution in [-0.2, 0) is 6.54 Å². The van der Waals surface area contributed by atoms with Crippen LogP contribution in [0, 0.1) is 13.8 Å². The number of nitrogen functional groups attached to an aromatic ring is 1. The lowest BCUT2D eigenvalue weighted by atomic mass is 10.1. The lowest BCUT2D eigenvalue weighted by Gasteiger charge is -2.36. The van der Waals surface area contributed by atoms with Crippen LogP contribution in [0.5, 0.6) is 0 Å². The Morgan fingerprint density at radius 2 is 1.76 bits per heavy atom. The van der Waals surface area contributed by atoms with Crippen molar-refractivity contribution in [2.75, 3.05) is 43.4 Å². The number of nitrogens with zero attached hydrogens (tertiary/aromatic N) is 5. The van der Waals surface area contributed by atoms with Crippen molar-refractivity contribution in [1.29, 1.82) is 0 Å². The van der Waals surface area contributed by atoms with Gasteiger partial charge in [-0.1, -0.05) is 17.7 Å². The highest BCUT2D eigenvalue weighted by atomic mass is 16.1. The first-order valence-corrected chi connectivity index (χ1v) is 9.94. The monoisotopic (exact) mass is 393 g/mol. The fourth-order valence-electron chi connectivity index (χ4n) is 3.83. The molecule has 0 aliphatic carbocycles. The normalized spacial score (nSPS) is 15.0. The summed E-state index contributed by atoms with van der Waals surface area (Å²) in [5.74, 6) is 0. The molecule has 0 saturated carbocycles. The largest absolute Gasteiger partial charge is 0.394 e. The molecule has 0 amide bonds. The molecule has 1 fully saturated rings. The van der Waals surface area contributed by atoms with Crippen molar-refractivity contribution in [3.8, 4) is 11.3 Å². The van der Waals surface area contributed by atoms with E-state index in [4.69, 9.17) is 5.73 Å². The Morgan fingerprint density at radius 1 is 1.03 bits per heavy atom. The highest BCUT2D eigenvalue weighted by Crippen LogP contribution is 2.23. The molecule has 0 spiro atoms. The summed E-state index contributed by atoms with van der Waals surface area (Å²) in [5.41, 5.74) is 10.7. The van der Waals surface area contributed by atoms with Crippen molar-refractivity contribution in [1.82, 2.24) is 24.9 Å². The maximum atomic E-state index is 12.7. The minimum atomic E-state index is -0.251. The molecule has 8 nitrogen and oxygen atoms in total. The van der Waals surface area contributed by atoms with E-state index in [-0.39, 0.29) is 11.2 Å². The number of rotatable bonds is 5. The van der Waals surface area contributed by atoms with Crippen LogP contribution in [0.3, 0.4) is 0 Å². The van der Waals surface area contributed by atoms with Gasteiger partial charge in [-0.15, -0.1) is 0 Å². The van der Waals surface area contributed by atoms with Gasteiger partial charge in [0, 0.05) is 44.6 Å². The molecule has 29 heavy (non-hydrogen) atoms. The minimum Gasteiger partial charge on any atom is -0.394 e. The maximum Gasteiger partial charge on any atom is 0.290 e. The van der Waals surface area contributed by atoms with Gasteiger partial charge in [0.05, 0.1) is 23.5 Å². The van der Waals surface area contributed by atoms with Crippen molar-refractivity contribution in [3.05, 3.63) is 58.1 Å². The first-order valence-electron chi connectivity index (χ1n) is 9.94. The SMILES string of the molecule is Cc1ccc(N2CCN(CCn3nc(C)c(-c4ccn[nH]4)c(N)c3=O)CC2)cc1. The van der Waals surface area contributed by atoms with E-state index in [0.717, 1.165) is 38.4 Å². The third-order valence-corrected chi connectivity index (χ3v) is 5.54. The summed E-state index contributed by atoms with van der Waals surface area (Å²) >= 11 is 0. The standard InChI is InChI=1S/C21H27N7O/c1-15-3-5-17(6-4-15)27-12-9-26(10-13-27)11-14-28-21(29)20(22)19(16(2)25-28)18-7-8-23-24-18/h3-8H,9-14,22H2,1-2H3,(H,23,24). The van der Waals surface area contributed by atoms with Gasteiger partial charge in [0.1, 0.15) is 5.69 Å². The summed E-state index contributed by atoms with van der Waals surface area (Å²) in [6.07, 6.45) is 1.63. The van der Waals surface area contributed by atoms with E-state index in [0.29, 0.717) is 17.8 Å². The number of nitrogens with one attached hydrogen (secondary N) is 1. The fraction of sp³-hybridized carbons (Fsp3) is 0.381. The molecule has 2 aromatic heterocycles. The number of aryl methyl sites for hydroxylation is 2. The number of nitrogens with two attached hydrogens (primary N) is 1. The van der Waals surface area contributed by atoms with Crippen LogP contribution in [-0.4, -0.2) is 57.6 Å². The Bertz CT molecular complexity index is 1020. The van der Waals surface area contributed by atoms with E-state index in [1.807, 2.05) is 6.92 Å². The number of piperazine rings is 1. The van der Waals surface area contributed by atoms with E-state index < -0.39 is 0 Å². The fourth-order valence-corrected chi connectivity index (χ4v) is 3.83. The molecule has 0 unspecified atom stereocenters. The molecule has 4 rings (SSSR count). The summed E-state index contributed by atoms with van der Waals surface area (Å²) < 4.78 is 1.48. The molecule has 1 aromatic carbocycles. The number of aromatic amines is 1. The lowest BCUT2D eigenvalue weighted by molar-refractivity contribution is 0.242. The van der Waals surface area contributed by atoms with Gasteiger partial charge in [-0.3, -0.25) is 14.8 Å². The van der Waals surface area contributed by atoms with E-state index in [1.54, 1.807) is 12.3 Å².